The Morgan fingerprint density at radius 3 is 2.06 bits per heavy atom. The normalized spacial score (nSPS) is 26.8. The van der Waals surface area contributed by atoms with Crippen LogP contribution >= 0.6 is 0 Å². The monoisotopic (exact) mass is 256 g/mol. The van der Waals surface area contributed by atoms with E-state index in [4.69, 9.17) is 0 Å². The van der Waals surface area contributed by atoms with Crippen LogP contribution < -0.4 is 0 Å². The van der Waals surface area contributed by atoms with Gasteiger partial charge in [0.15, 0.2) is 9.84 Å². The maximum absolute atomic E-state index is 11.7. The second-order valence-corrected chi connectivity index (χ2v) is 6.85. The molecule has 0 radical (unpaired) electrons. The summed E-state index contributed by atoms with van der Waals surface area (Å²) in [5.74, 6) is -0.311. The summed E-state index contributed by atoms with van der Waals surface area (Å²) in [5, 5.41) is 18.1. The van der Waals surface area contributed by atoms with E-state index in [9.17, 15) is 18.6 Å². The first kappa shape index (κ1) is 12.5. The molecular weight excluding hydrogens is 240 g/mol. The standard InChI is InChI=1S/C12H16O4S/c1-17(15,16)11-10(12(11,7-13)8-14)9-5-3-2-4-6-9/h2-6,10-11,13-14H,7-8H2,1H3/t10-,11-/m1/s1. The summed E-state index contributed by atoms with van der Waals surface area (Å²) in [6, 6.07) is 9.16. The molecule has 1 saturated carbocycles. The lowest BCUT2D eigenvalue weighted by molar-refractivity contribution is 0.130. The van der Waals surface area contributed by atoms with Crippen molar-refractivity contribution in [1.82, 2.24) is 0 Å². The van der Waals surface area contributed by atoms with Gasteiger partial charge in [0.05, 0.1) is 18.5 Å². The van der Waals surface area contributed by atoms with Crippen LogP contribution in [-0.4, -0.2) is 43.4 Å². The Kier molecular flexibility index (Phi) is 3.01. The SMILES string of the molecule is CS(=O)(=O)[C@@H]1[C@@H](c2ccccc2)C1(CO)CO. The first-order valence-corrected chi connectivity index (χ1v) is 7.38. The zero-order valence-corrected chi connectivity index (χ0v) is 10.4. The largest absolute Gasteiger partial charge is 0.396 e. The Hall–Kier alpha value is -0.910. The number of aliphatic hydroxyl groups excluding tert-OH is 2. The molecule has 5 heteroatoms. The molecule has 0 amide bonds. The van der Waals surface area contributed by atoms with Gasteiger partial charge in [-0.1, -0.05) is 30.3 Å². The summed E-state index contributed by atoms with van der Waals surface area (Å²) in [4.78, 5) is 0. The third kappa shape index (κ3) is 1.88. The first-order valence-electron chi connectivity index (χ1n) is 5.43. The molecule has 2 rings (SSSR count). The number of sulfone groups is 1. The minimum absolute atomic E-state index is 0.311. The van der Waals surface area contributed by atoms with E-state index in [1.54, 1.807) is 0 Å². The third-order valence-electron chi connectivity index (χ3n) is 3.59. The molecule has 4 nitrogen and oxygen atoms in total. The average Bonchev–Trinajstić information content (AvgIpc) is 3.00. The van der Waals surface area contributed by atoms with E-state index in [1.165, 1.54) is 0 Å². The van der Waals surface area contributed by atoms with Gasteiger partial charge in [0.25, 0.3) is 0 Å². The minimum Gasteiger partial charge on any atom is -0.396 e. The summed E-state index contributed by atoms with van der Waals surface area (Å²) < 4.78 is 23.4. The number of aliphatic hydroxyl groups is 2. The molecule has 17 heavy (non-hydrogen) atoms. The highest BCUT2D eigenvalue weighted by Gasteiger charge is 2.69. The van der Waals surface area contributed by atoms with Crippen molar-refractivity contribution in [2.24, 2.45) is 5.41 Å². The van der Waals surface area contributed by atoms with Crippen LogP contribution in [0.25, 0.3) is 0 Å². The molecule has 1 aliphatic carbocycles. The summed E-state index contributed by atoms with van der Waals surface area (Å²) in [5.41, 5.74) is -0.0689. The van der Waals surface area contributed by atoms with Crippen molar-refractivity contribution in [3.8, 4) is 0 Å². The van der Waals surface area contributed by atoms with E-state index in [0.717, 1.165) is 11.8 Å². The number of benzene rings is 1. The van der Waals surface area contributed by atoms with Crippen LogP contribution in [0.2, 0.25) is 0 Å². The summed E-state index contributed by atoms with van der Waals surface area (Å²) in [6.07, 6.45) is 1.15. The molecule has 94 valence electrons. The lowest BCUT2D eigenvalue weighted by Gasteiger charge is -2.10. The summed E-state index contributed by atoms with van der Waals surface area (Å²) >= 11 is 0. The van der Waals surface area contributed by atoms with E-state index >= 15 is 0 Å². The van der Waals surface area contributed by atoms with Crippen LogP contribution in [0.3, 0.4) is 0 Å². The minimum atomic E-state index is -3.28. The molecule has 0 unspecified atom stereocenters. The fourth-order valence-electron chi connectivity index (χ4n) is 2.72. The highest BCUT2D eigenvalue weighted by atomic mass is 32.2. The Morgan fingerprint density at radius 2 is 1.71 bits per heavy atom. The van der Waals surface area contributed by atoms with Crippen LogP contribution in [0.4, 0.5) is 0 Å². The molecule has 1 aromatic rings. The first-order chi connectivity index (χ1) is 7.97. The van der Waals surface area contributed by atoms with E-state index in [1.807, 2.05) is 30.3 Å². The van der Waals surface area contributed by atoms with E-state index in [2.05, 4.69) is 0 Å². The highest BCUT2D eigenvalue weighted by molar-refractivity contribution is 7.91. The Bertz CT molecular complexity index is 490. The molecule has 1 fully saturated rings. The molecule has 0 aromatic heterocycles. The molecule has 0 spiro atoms. The van der Waals surface area contributed by atoms with Crippen molar-refractivity contribution in [2.75, 3.05) is 19.5 Å². The van der Waals surface area contributed by atoms with Gasteiger partial charge in [-0.3, -0.25) is 0 Å². The Labute approximate surface area is 101 Å². The smallest absolute Gasteiger partial charge is 0.151 e. The van der Waals surface area contributed by atoms with Crippen molar-refractivity contribution in [2.45, 2.75) is 11.2 Å². The van der Waals surface area contributed by atoms with Gasteiger partial charge in [0.2, 0.25) is 0 Å². The van der Waals surface area contributed by atoms with Gasteiger partial charge in [-0.25, -0.2) is 8.42 Å². The molecule has 0 bridgehead atoms. The van der Waals surface area contributed by atoms with Crippen LogP contribution in [0.1, 0.15) is 11.5 Å². The quantitative estimate of drug-likeness (QED) is 0.805. The molecule has 0 saturated heterocycles. The molecule has 2 atom stereocenters. The van der Waals surface area contributed by atoms with E-state index in [-0.39, 0.29) is 19.1 Å². The summed E-state index contributed by atoms with van der Waals surface area (Å²) in [6.45, 7) is -0.637. The van der Waals surface area contributed by atoms with E-state index in [0.29, 0.717) is 0 Å². The predicted octanol–water partition coefficient (Wildman–Crippen LogP) is 0.168. The number of rotatable bonds is 4. The lowest BCUT2D eigenvalue weighted by Crippen LogP contribution is -2.22. The van der Waals surface area contributed by atoms with Crippen molar-refractivity contribution in [3.05, 3.63) is 35.9 Å². The Morgan fingerprint density at radius 1 is 1.18 bits per heavy atom. The van der Waals surface area contributed by atoms with Gasteiger partial charge in [0.1, 0.15) is 0 Å². The molecule has 0 heterocycles. The van der Waals surface area contributed by atoms with Crippen molar-refractivity contribution in [1.29, 1.82) is 0 Å². The van der Waals surface area contributed by atoms with Gasteiger partial charge in [-0.15, -0.1) is 0 Å². The second-order valence-electron chi connectivity index (χ2n) is 4.69. The third-order valence-corrected chi connectivity index (χ3v) is 5.25. The lowest BCUT2D eigenvalue weighted by atomic mass is 10.0. The van der Waals surface area contributed by atoms with Gasteiger partial charge in [0, 0.05) is 17.6 Å². The van der Waals surface area contributed by atoms with Crippen LogP contribution in [0.15, 0.2) is 30.3 Å². The molecule has 1 aromatic carbocycles. The van der Waals surface area contributed by atoms with Gasteiger partial charge in [-0.2, -0.15) is 0 Å². The topological polar surface area (TPSA) is 74.6 Å². The zero-order chi connectivity index (χ0) is 12.7. The number of hydrogen-bond acceptors (Lipinski definition) is 4. The highest BCUT2D eigenvalue weighted by Crippen LogP contribution is 2.62. The summed E-state index contributed by atoms with van der Waals surface area (Å²) in [7, 11) is -3.28. The van der Waals surface area contributed by atoms with Crippen molar-refractivity contribution >= 4 is 9.84 Å². The molecular formula is C12H16O4S. The van der Waals surface area contributed by atoms with Crippen LogP contribution in [0.5, 0.6) is 0 Å². The molecule has 1 aliphatic rings. The fraction of sp³-hybridized carbons (Fsp3) is 0.500. The van der Waals surface area contributed by atoms with Crippen LogP contribution in [0, 0.1) is 5.41 Å². The maximum atomic E-state index is 11.7. The van der Waals surface area contributed by atoms with Gasteiger partial charge in [-0.05, 0) is 5.56 Å². The number of hydrogen-bond donors (Lipinski definition) is 2. The zero-order valence-electron chi connectivity index (χ0n) is 9.57. The van der Waals surface area contributed by atoms with Crippen LogP contribution in [-0.2, 0) is 9.84 Å². The van der Waals surface area contributed by atoms with E-state index < -0.39 is 20.5 Å². The second kappa shape index (κ2) is 4.08. The molecule has 0 aliphatic heterocycles. The van der Waals surface area contributed by atoms with Crippen molar-refractivity contribution in [3.63, 3.8) is 0 Å². The van der Waals surface area contributed by atoms with Gasteiger partial charge >= 0.3 is 0 Å². The fourth-order valence-corrected chi connectivity index (χ4v) is 4.71. The predicted molar refractivity (Wildman–Crippen MR) is 64.4 cm³/mol. The Balaban J connectivity index is 2.42. The molecule has 2 N–H and O–H groups in total. The average molecular weight is 256 g/mol. The maximum Gasteiger partial charge on any atom is 0.151 e. The van der Waals surface area contributed by atoms with Gasteiger partial charge < -0.3 is 10.2 Å². The van der Waals surface area contributed by atoms with Crippen molar-refractivity contribution < 1.29 is 18.6 Å².